The van der Waals surface area contributed by atoms with Crippen LogP contribution >= 0.6 is 0 Å². The maximum absolute atomic E-state index is 12.6. The van der Waals surface area contributed by atoms with Gasteiger partial charge in [-0.3, -0.25) is 9.59 Å². The maximum atomic E-state index is 12.6. The van der Waals surface area contributed by atoms with Gasteiger partial charge in [0, 0.05) is 38.8 Å². The Labute approximate surface area is 181 Å². The predicted octanol–water partition coefficient (Wildman–Crippen LogP) is 2.00. The van der Waals surface area contributed by atoms with E-state index in [-0.39, 0.29) is 11.8 Å². The Hall–Kier alpha value is -3.21. The minimum absolute atomic E-state index is 0.0569. The van der Waals surface area contributed by atoms with Gasteiger partial charge in [-0.2, -0.15) is 5.26 Å². The normalized spacial score (nSPS) is 18.2. The van der Waals surface area contributed by atoms with E-state index in [2.05, 4.69) is 17.5 Å². The number of amides is 2. The van der Waals surface area contributed by atoms with Crippen LogP contribution in [0.2, 0.25) is 0 Å². The molecule has 2 amide bonds. The van der Waals surface area contributed by atoms with Crippen molar-refractivity contribution < 1.29 is 14.3 Å². The highest BCUT2D eigenvalue weighted by Crippen LogP contribution is 2.28. The number of carbonyl (C=O) groups is 2. The van der Waals surface area contributed by atoms with Crippen LogP contribution in [0.3, 0.4) is 0 Å². The van der Waals surface area contributed by atoms with E-state index in [4.69, 9.17) is 10.5 Å². The van der Waals surface area contributed by atoms with Crippen LogP contribution in [0.15, 0.2) is 42.5 Å². The van der Waals surface area contributed by atoms with Crippen LogP contribution in [-0.4, -0.2) is 48.6 Å². The van der Waals surface area contributed by atoms with Gasteiger partial charge in [0.2, 0.25) is 5.91 Å². The molecule has 3 N–H and O–H groups in total. The summed E-state index contributed by atoms with van der Waals surface area (Å²) in [6, 6.07) is 15.3. The van der Waals surface area contributed by atoms with Crippen molar-refractivity contribution in [3.05, 3.63) is 59.2 Å². The molecule has 1 fully saturated rings. The smallest absolute Gasteiger partial charge is 0.254 e. The van der Waals surface area contributed by atoms with Crippen molar-refractivity contribution in [3.8, 4) is 17.2 Å². The minimum atomic E-state index is -0.972. The molecule has 31 heavy (non-hydrogen) atoms. The standard InChI is InChI=1S/C24H26N4O3/c1-28-15-19-13-18(6-7-21(19)22(28)29)17-4-2-16(3-5-17)12-20(14-25)27-23(30)24(26)8-10-31-11-9-24/h2-7,13,20H,8-12,15,26H2,1H3,(H,27,30). The van der Waals surface area contributed by atoms with Crippen LogP contribution in [0.5, 0.6) is 0 Å². The van der Waals surface area contributed by atoms with Crippen molar-refractivity contribution in [2.45, 2.75) is 37.4 Å². The summed E-state index contributed by atoms with van der Waals surface area (Å²) < 4.78 is 5.28. The van der Waals surface area contributed by atoms with Crippen molar-refractivity contribution in [1.29, 1.82) is 5.26 Å². The van der Waals surface area contributed by atoms with Gasteiger partial charge in [0.25, 0.3) is 5.91 Å². The van der Waals surface area contributed by atoms with Crippen LogP contribution in [-0.2, 0) is 22.5 Å². The Bertz CT molecular complexity index is 1040. The molecule has 2 heterocycles. The molecule has 2 aliphatic heterocycles. The first-order chi connectivity index (χ1) is 14.9. The van der Waals surface area contributed by atoms with Crippen molar-refractivity contribution in [2.75, 3.05) is 20.3 Å². The monoisotopic (exact) mass is 418 g/mol. The molecule has 160 valence electrons. The molecule has 4 rings (SSSR count). The fraction of sp³-hybridized carbons (Fsp3) is 0.375. The lowest BCUT2D eigenvalue weighted by atomic mass is 9.90. The molecular formula is C24H26N4O3. The quantitative estimate of drug-likeness (QED) is 0.772. The van der Waals surface area contributed by atoms with E-state index in [1.807, 2.05) is 36.4 Å². The van der Waals surface area contributed by atoms with Crippen LogP contribution in [0.1, 0.15) is 34.3 Å². The lowest BCUT2D eigenvalue weighted by Gasteiger charge is -2.32. The molecule has 1 saturated heterocycles. The zero-order chi connectivity index (χ0) is 22.0. The summed E-state index contributed by atoms with van der Waals surface area (Å²) in [4.78, 5) is 26.4. The van der Waals surface area contributed by atoms with Gasteiger partial charge in [-0.05, 0) is 47.2 Å². The molecule has 1 atom stereocenters. The number of hydrogen-bond acceptors (Lipinski definition) is 5. The van der Waals surface area contributed by atoms with Gasteiger partial charge in [0.1, 0.15) is 6.04 Å². The van der Waals surface area contributed by atoms with E-state index in [9.17, 15) is 14.9 Å². The molecule has 2 aromatic carbocycles. The third-order valence-electron chi connectivity index (χ3n) is 6.12. The number of fused-ring (bicyclic) bond motifs is 1. The number of ether oxygens (including phenoxy) is 1. The van der Waals surface area contributed by atoms with Crippen LogP contribution in [0, 0.1) is 11.3 Å². The number of nitrogens with two attached hydrogens (primary N) is 1. The van der Waals surface area contributed by atoms with Gasteiger partial charge in [-0.15, -0.1) is 0 Å². The van der Waals surface area contributed by atoms with Crippen LogP contribution in [0.25, 0.3) is 11.1 Å². The Morgan fingerprint density at radius 3 is 2.58 bits per heavy atom. The van der Waals surface area contributed by atoms with Crippen LogP contribution < -0.4 is 11.1 Å². The van der Waals surface area contributed by atoms with Gasteiger partial charge in [-0.25, -0.2) is 0 Å². The fourth-order valence-electron chi connectivity index (χ4n) is 4.11. The molecule has 0 saturated carbocycles. The van der Waals surface area contributed by atoms with E-state index in [1.54, 1.807) is 11.9 Å². The van der Waals surface area contributed by atoms with Crippen LogP contribution in [0.4, 0.5) is 0 Å². The molecule has 1 unspecified atom stereocenters. The first kappa shape index (κ1) is 21.0. The average molecular weight is 418 g/mol. The lowest BCUT2D eigenvalue weighted by Crippen LogP contribution is -2.58. The van der Waals surface area contributed by atoms with Gasteiger partial charge in [0.05, 0.1) is 11.6 Å². The maximum Gasteiger partial charge on any atom is 0.254 e. The number of nitrogens with one attached hydrogen (secondary N) is 1. The van der Waals surface area contributed by atoms with Gasteiger partial charge in [-0.1, -0.05) is 30.3 Å². The van der Waals surface area contributed by atoms with Crippen molar-refractivity contribution in [2.24, 2.45) is 5.73 Å². The molecule has 0 aliphatic carbocycles. The largest absolute Gasteiger partial charge is 0.381 e. The van der Waals surface area contributed by atoms with E-state index in [0.29, 0.717) is 39.0 Å². The summed E-state index contributed by atoms with van der Waals surface area (Å²) in [6.07, 6.45) is 1.31. The number of rotatable bonds is 5. The first-order valence-electron chi connectivity index (χ1n) is 10.4. The van der Waals surface area contributed by atoms with E-state index in [0.717, 1.165) is 27.8 Å². The van der Waals surface area contributed by atoms with Crippen molar-refractivity contribution in [1.82, 2.24) is 10.2 Å². The third-order valence-corrected chi connectivity index (χ3v) is 6.12. The summed E-state index contributed by atoms with van der Waals surface area (Å²) in [5.74, 6) is -0.238. The zero-order valence-corrected chi connectivity index (χ0v) is 17.6. The Kier molecular flexibility index (Phi) is 5.77. The number of carbonyl (C=O) groups excluding carboxylic acids is 2. The van der Waals surface area contributed by atoms with E-state index in [1.165, 1.54) is 0 Å². The molecule has 7 heteroatoms. The van der Waals surface area contributed by atoms with E-state index >= 15 is 0 Å². The average Bonchev–Trinajstić information content (AvgIpc) is 3.07. The minimum Gasteiger partial charge on any atom is -0.381 e. The van der Waals surface area contributed by atoms with Gasteiger partial charge >= 0.3 is 0 Å². The highest BCUT2D eigenvalue weighted by Gasteiger charge is 2.36. The van der Waals surface area contributed by atoms with Crippen molar-refractivity contribution in [3.63, 3.8) is 0 Å². The second-order valence-corrected chi connectivity index (χ2v) is 8.36. The fourth-order valence-corrected chi connectivity index (χ4v) is 4.11. The third kappa shape index (κ3) is 4.31. The first-order valence-corrected chi connectivity index (χ1v) is 10.4. The molecular weight excluding hydrogens is 392 g/mol. The van der Waals surface area contributed by atoms with Gasteiger partial charge in [0.15, 0.2) is 0 Å². The highest BCUT2D eigenvalue weighted by molar-refractivity contribution is 5.98. The second-order valence-electron chi connectivity index (χ2n) is 8.36. The molecule has 2 aromatic rings. The number of nitriles is 1. The molecule has 0 bridgehead atoms. The summed E-state index contributed by atoms with van der Waals surface area (Å²) in [5.41, 5.74) is 10.1. The molecule has 0 radical (unpaired) electrons. The van der Waals surface area contributed by atoms with Crippen molar-refractivity contribution >= 4 is 11.8 Å². The molecule has 7 nitrogen and oxygen atoms in total. The zero-order valence-electron chi connectivity index (χ0n) is 17.6. The molecule has 0 aromatic heterocycles. The number of nitrogens with zero attached hydrogens (tertiary/aromatic N) is 2. The number of hydrogen-bond donors (Lipinski definition) is 2. The lowest BCUT2D eigenvalue weighted by molar-refractivity contribution is -0.130. The Balaban J connectivity index is 1.42. The summed E-state index contributed by atoms with van der Waals surface area (Å²) >= 11 is 0. The SMILES string of the molecule is CN1Cc2cc(-c3ccc(CC(C#N)NC(=O)C4(N)CCOCC4)cc3)ccc2C1=O. The Morgan fingerprint density at radius 2 is 1.90 bits per heavy atom. The van der Waals surface area contributed by atoms with E-state index < -0.39 is 11.6 Å². The second kappa shape index (κ2) is 8.50. The summed E-state index contributed by atoms with van der Waals surface area (Å²) in [6.45, 7) is 1.53. The Morgan fingerprint density at radius 1 is 1.23 bits per heavy atom. The number of benzene rings is 2. The summed E-state index contributed by atoms with van der Waals surface area (Å²) in [5, 5.41) is 12.3. The highest BCUT2D eigenvalue weighted by atomic mass is 16.5. The predicted molar refractivity (Wildman–Crippen MR) is 116 cm³/mol. The molecule has 2 aliphatic rings. The topological polar surface area (TPSA) is 108 Å². The summed E-state index contributed by atoms with van der Waals surface area (Å²) in [7, 11) is 1.80. The molecule has 0 spiro atoms. The van der Waals surface area contributed by atoms with Gasteiger partial charge < -0.3 is 20.7 Å².